The molecule has 0 aliphatic rings. The second kappa shape index (κ2) is 8.13. The first kappa shape index (κ1) is 19.3. The van der Waals surface area contributed by atoms with Crippen LogP contribution in [0.5, 0.6) is 0 Å². The van der Waals surface area contributed by atoms with Gasteiger partial charge in [0.05, 0.1) is 22.3 Å². The van der Waals surface area contributed by atoms with Gasteiger partial charge in [0.15, 0.2) is 5.13 Å². The molecule has 0 bridgehead atoms. The molecule has 29 heavy (non-hydrogen) atoms. The SMILES string of the molecule is CC(C)c1cccc2sc(N(Cc3ccccc3)C(=O)c3ccccc3F)nc12. The number of thiazole rings is 1. The lowest BCUT2D eigenvalue weighted by molar-refractivity contribution is 0.0981. The highest BCUT2D eigenvalue weighted by atomic mass is 32.1. The van der Waals surface area contributed by atoms with E-state index >= 15 is 0 Å². The van der Waals surface area contributed by atoms with Crippen molar-refractivity contribution in [2.45, 2.75) is 26.3 Å². The standard InChI is InChI=1S/C24H21FN2OS/c1-16(2)18-12-8-14-21-22(18)26-24(29-21)27(15-17-9-4-3-5-10-17)23(28)19-11-6-7-13-20(19)25/h3-14,16H,15H2,1-2H3. The highest BCUT2D eigenvalue weighted by molar-refractivity contribution is 7.22. The molecule has 0 fully saturated rings. The Bertz CT molecular complexity index is 1150. The van der Waals surface area contributed by atoms with Gasteiger partial charge in [0, 0.05) is 0 Å². The van der Waals surface area contributed by atoms with E-state index in [4.69, 9.17) is 4.98 Å². The summed E-state index contributed by atoms with van der Waals surface area (Å²) in [4.78, 5) is 19.7. The van der Waals surface area contributed by atoms with Crippen molar-refractivity contribution in [1.29, 1.82) is 0 Å². The van der Waals surface area contributed by atoms with Gasteiger partial charge in [0.25, 0.3) is 5.91 Å². The molecule has 0 aliphatic heterocycles. The molecule has 0 radical (unpaired) electrons. The topological polar surface area (TPSA) is 33.2 Å². The van der Waals surface area contributed by atoms with Crippen LogP contribution in [0.1, 0.15) is 41.3 Å². The van der Waals surface area contributed by atoms with Gasteiger partial charge in [-0.1, -0.05) is 79.8 Å². The summed E-state index contributed by atoms with van der Waals surface area (Å²) in [6.45, 7) is 4.57. The molecule has 1 amide bonds. The number of nitrogens with zero attached hydrogens (tertiary/aromatic N) is 2. The number of para-hydroxylation sites is 1. The minimum Gasteiger partial charge on any atom is -0.279 e. The van der Waals surface area contributed by atoms with Crippen LogP contribution < -0.4 is 4.90 Å². The fourth-order valence-electron chi connectivity index (χ4n) is 3.31. The fourth-order valence-corrected chi connectivity index (χ4v) is 4.31. The van der Waals surface area contributed by atoms with Crippen LogP contribution in [0.4, 0.5) is 9.52 Å². The number of aromatic nitrogens is 1. The molecule has 5 heteroatoms. The number of carbonyl (C=O) groups is 1. The zero-order valence-electron chi connectivity index (χ0n) is 16.3. The lowest BCUT2D eigenvalue weighted by Crippen LogP contribution is -2.31. The van der Waals surface area contributed by atoms with Gasteiger partial charge in [-0.15, -0.1) is 0 Å². The van der Waals surface area contributed by atoms with Crippen molar-refractivity contribution in [3.05, 3.63) is 95.3 Å². The highest BCUT2D eigenvalue weighted by Crippen LogP contribution is 2.34. The van der Waals surface area contributed by atoms with Crippen LogP contribution in [-0.4, -0.2) is 10.9 Å². The Hall–Kier alpha value is -3.05. The predicted octanol–water partition coefficient (Wildman–Crippen LogP) is 6.41. The Morgan fingerprint density at radius 3 is 2.45 bits per heavy atom. The normalized spacial score (nSPS) is 11.2. The largest absolute Gasteiger partial charge is 0.279 e. The minimum absolute atomic E-state index is 0.0479. The van der Waals surface area contributed by atoms with Crippen molar-refractivity contribution in [3.63, 3.8) is 0 Å². The minimum atomic E-state index is -0.528. The number of hydrogen-bond donors (Lipinski definition) is 0. The molecule has 0 aliphatic carbocycles. The summed E-state index contributed by atoms with van der Waals surface area (Å²) in [5.74, 6) is -0.602. The predicted molar refractivity (Wildman–Crippen MR) is 117 cm³/mol. The van der Waals surface area contributed by atoms with E-state index in [1.54, 1.807) is 17.0 Å². The fraction of sp³-hybridized carbons (Fsp3) is 0.167. The third-order valence-corrected chi connectivity index (χ3v) is 5.87. The van der Waals surface area contributed by atoms with Gasteiger partial charge in [0.2, 0.25) is 0 Å². The van der Waals surface area contributed by atoms with E-state index in [1.807, 2.05) is 42.5 Å². The van der Waals surface area contributed by atoms with E-state index in [2.05, 4.69) is 19.9 Å². The van der Waals surface area contributed by atoms with Crippen molar-refractivity contribution in [1.82, 2.24) is 4.98 Å². The summed E-state index contributed by atoms with van der Waals surface area (Å²) in [5.41, 5.74) is 3.05. The van der Waals surface area contributed by atoms with Crippen molar-refractivity contribution >= 4 is 32.6 Å². The third kappa shape index (κ3) is 3.91. The number of rotatable bonds is 5. The van der Waals surface area contributed by atoms with Crippen LogP contribution in [0.15, 0.2) is 72.8 Å². The van der Waals surface area contributed by atoms with E-state index in [9.17, 15) is 9.18 Å². The van der Waals surface area contributed by atoms with Crippen LogP contribution in [0.2, 0.25) is 0 Å². The van der Waals surface area contributed by atoms with E-state index in [0.29, 0.717) is 17.6 Å². The molecule has 0 unspecified atom stereocenters. The molecular formula is C24H21FN2OS. The van der Waals surface area contributed by atoms with Crippen molar-refractivity contribution in [2.75, 3.05) is 4.90 Å². The molecule has 146 valence electrons. The Morgan fingerprint density at radius 1 is 1.00 bits per heavy atom. The molecule has 1 heterocycles. The second-order valence-corrected chi connectivity index (χ2v) is 8.21. The highest BCUT2D eigenvalue weighted by Gasteiger charge is 2.24. The summed E-state index contributed by atoms with van der Waals surface area (Å²) in [6.07, 6.45) is 0. The molecular weight excluding hydrogens is 383 g/mol. The Labute approximate surface area is 173 Å². The van der Waals surface area contributed by atoms with Crippen LogP contribution >= 0.6 is 11.3 Å². The van der Waals surface area contributed by atoms with E-state index < -0.39 is 11.7 Å². The summed E-state index contributed by atoms with van der Waals surface area (Å²) >= 11 is 1.46. The average Bonchev–Trinajstić information content (AvgIpc) is 3.16. The maximum absolute atomic E-state index is 14.4. The lowest BCUT2D eigenvalue weighted by atomic mass is 10.0. The summed E-state index contributed by atoms with van der Waals surface area (Å²) in [6, 6.07) is 21.9. The van der Waals surface area contributed by atoms with E-state index in [1.165, 1.54) is 23.5 Å². The van der Waals surface area contributed by atoms with Crippen LogP contribution in [-0.2, 0) is 6.54 Å². The van der Waals surface area contributed by atoms with Crippen molar-refractivity contribution in [2.24, 2.45) is 0 Å². The van der Waals surface area contributed by atoms with Gasteiger partial charge >= 0.3 is 0 Å². The molecule has 1 aromatic heterocycles. The molecule has 0 N–H and O–H groups in total. The summed E-state index contributed by atoms with van der Waals surface area (Å²) in [7, 11) is 0. The number of anilines is 1. The van der Waals surface area contributed by atoms with Gasteiger partial charge in [-0.2, -0.15) is 0 Å². The first-order valence-corrected chi connectivity index (χ1v) is 10.4. The average molecular weight is 405 g/mol. The Balaban J connectivity index is 1.82. The summed E-state index contributed by atoms with van der Waals surface area (Å²) < 4.78 is 15.4. The smallest absolute Gasteiger partial charge is 0.263 e. The number of halogens is 1. The van der Waals surface area contributed by atoms with Gasteiger partial charge in [0.1, 0.15) is 5.82 Å². The van der Waals surface area contributed by atoms with Crippen LogP contribution in [0.25, 0.3) is 10.2 Å². The molecule has 0 saturated heterocycles. The third-order valence-electron chi connectivity index (χ3n) is 4.82. The molecule has 4 aromatic rings. The van der Waals surface area contributed by atoms with E-state index in [-0.39, 0.29) is 5.56 Å². The molecule has 4 rings (SSSR count). The van der Waals surface area contributed by atoms with Gasteiger partial charge in [-0.05, 0) is 35.2 Å². The first-order valence-electron chi connectivity index (χ1n) is 9.54. The quantitative estimate of drug-likeness (QED) is 0.385. The molecule has 3 aromatic carbocycles. The number of amides is 1. The maximum Gasteiger partial charge on any atom is 0.263 e. The first-order chi connectivity index (χ1) is 14.0. The number of benzene rings is 3. The Morgan fingerprint density at radius 2 is 1.72 bits per heavy atom. The van der Waals surface area contributed by atoms with Gasteiger partial charge in [-0.3, -0.25) is 9.69 Å². The molecule has 0 atom stereocenters. The van der Waals surface area contributed by atoms with Gasteiger partial charge < -0.3 is 0 Å². The molecule has 0 spiro atoms. The Kier molecular flexibility index (Phi) is 5.41. The maximum atomic E-state index is 14.4. The van der Waals surface area contributed by atoms with Gasteiger partial charge in [-0.25, -0.2) is 9.37 Å². The number of hydrogen-bond acceptors (Lipinski definition) is 3. The lowest BCUT2D eigenvalue weighted by Gasteiger charge is -2.20. The number of fused-ring (bicyclic) bond motifs is 1. The summed E-state index contributed by atoms with van der Waals surface area (Å²) in [5, 5.41) is 0.574. The zero-order valence-corrected chi connectivity index (χ0v) is 17.1. The number of carbonyl (C=O) groups excluding carboxylic acids is 1. The van der Waals surface area contributed by atoms with Crippen molar-refractivity contribution in [3.8, 4) is 0 Å². The monoisotopic (exact) mass is 404 g/mol. The zero-order chi connectivity index (χ0) is 20.4. The molecule has 3 nitrogen and oxygen atoms in total. The van der Waals surface area contributed by atoms with Crippen molar-refractivity contribution < 1.29 is 9.18 Å². The second-order valence-electron chi connectivity index (χ2n) is 7.20. The van der Waals surface area contributed by atoms with Crippen LogP contribution in [0.3, 0.4) is 0 Å². The molecule has 0 saturated carbocycles. The van der Waals surface area contributed by atoms with Crippen LogP contribution in [0, 0.1) is 5.82 Å². The van der Waals surface area contributed by atoms with E-state index in [0.717, 1.165) is 21.3 Å².